The van der Waals surface area contributed by atoms with E-state index in [0.29, 0.717) is 5.69 Å². The van der Waals surface area contributed by atoms with Crippen LogP contribution in [-0.2, 0) is 0 Å². The first-order valence-electron chi connectivity index (χ1n) is 6.01. The molecule has 0 radical (unpaired) electrons. The normalized spacial score (nSPS) is 10.4. The molecule has 0 saturated carbocycles. The van der Waals surface area contributed by atoms with Crippen molar-refractivity contribution in [1.82, 2.24) is 0 Å². The number of anilines is 3. The first-order chi connectivity index (χ1) is 8.61. The van der Waals surface area contributed by atoms with Crippen LogP contribution in [0.5, 0.6) is 0 Å². The zero-order valence-corrected chi connectivity index (χ0v) is 10.7. The van der Waals surface area contributed by atoms with Gasteiger partial charge in [-0.25, -0.2) is 4.39 Å². The molecule has 2 N–H and O–H groups in total. The van der Waals surface area contributed by atoms with Crippen molar-refractivity contribution in [2.45, 2.75) is 13.8 Å². The summed E-state index contributed by atoms with van der Waals surface area (Å²) in [5.74, 6) is -0.239. The first kappa shape index (κ1) is 12.4. The fourth-order valence-electron chi connectivity index (χ4n) is 2.06. The number of hydrogen-bond acceptors (Lipinski definition) is 2. The molecule has 0 saturated heterocycles. The van der Waals surface area contributed by atoms with E-state index in [1.54, 1.807) is 6.07 Å². The number of benzene rings is 2. The second-order valence-electron chi connectivity index (χ2n) is 4.29. The molecule has 0 spiro atoms. The van der Waals surface area contributed by atoms with E-state index in [9.17, 15) is 4.39 Å². The second-order valence-corrected chi connectivity index (χ2v) is 4.29. The van der Waals surface area contributed by atoms with Crippen LogP contribution in [0.1, 0.15) is 12.5 Å². The highest BCUT2D eigenvalue weighted by molar-refractivity contribution is 5.75. The van der Waals surface area contributed by atoms with Crippen molar-refractivity contribution in [1.29, 1.82) is 0 Å². The van der Waals surface area contributed by atoms with Gasteiger partial charge >= 0.3 is 0 Å². The lowest BCUT2D eigenvalue weighted by atomic mass is 10.1. The van der Waals surface area contributed by atoms with Crippen LogP contribution in [0.4, 0.5) is 21.5 Å². The van der Waals surface area contributed by atoms with Crippen LogP contribution in [0, 0.1) is 12.7 Å². The molecule has 2 aromatic carbocycles. The highest BCUT2D eigenvalue weighted by atomic mass is 19.1. The molecule has 3 heteroatoms. The highest BCUT2D eigenvalue weighted by Crippen LogP contribution is 2.30. The predicted molar refractivity (Wildman–Crippen MR) is 74.7 cm³/mol. The first-order valence-corrected chi connectivity index (χ1v) is 6.01. The van der Waals surface area contributed by atoms with E-state index in [1.165, 1.54) is 12.1 Å². The Morgan fingerprint density at radius 1 is 1.17 bits per heavy atom. The second kappa shape index (κ2) is 5.08. The molecule has 0 atom stereocenters. The Kier molecular flexibility index (Phi) is 3.51. The molecule has 18 heavy (non-hydrogen) atoms. The number of rotatable bonds is 3. The summed E-state index contributed by atoms with van der Waals surface area (Å²) in [7, 11) is 0. The van der Waals surface area contributed by atoms with Gasteiger partial charge in [-0.3, -0.25) is 0 Å². The van der Waals surface area contributed by atoms with Crippen LogP contribution in [0.3, 0.4) is 0 Å². The molecule has 0 aliphatic rings. The fraction of sp³-hybridized carbons (Fsp3) is 0.200. The van der Waals surface area contributed by atoms with E-state index in [-0.39, 0.29) is 5.82 Å². The molecule has 94 valence electrons. The van der Waals surface area contributed by atoms with Crippen LogP contribution in [0.2, 0.25) is 0 Å². The molecule has 0 amide bonds. The van der Waals surface area contributed by atoms with E-state index in [2.05, 4.69) is 0 Å². The van der Waals surface area contributed by atoms with Gasteiger partial charge in [-0.05, 0) is 49.7 Å². The van der Waals surface area contributed by atoms with Crippen LogP contribution in [0.15, 0.2) is 42.5 Å². The quantitative estimate of drug-likeness (QED) is 0.830. The zero-order chi connectivity index (χ0) is 13.1. The largest absolute Gasteiger partial charge is 0.397 e. The maximum absolute atomic E-state index is 13.3. The molecule has 0 aromatic heterocycles. The minimum absolute atomic E-state index is 0.239. The molecule has 0 unspecified atom stereocenters. The van der Waals surface area contributed by atoms with E-state index >= 15 is 0 Å². The summed E-state index contributed by atoms with van der Waals surface area (Å²) in [5, 5.41) is 0. The van der Waals surface area contributed by atoms with Crippen molar-refractivity contribution >= 4 is 17.1 Å². The molecule has 0 aliphatic heterocycles. The van der Waals surface area contributed by atoms with Gasteiger partial charge in [-0.1, -0.05) is 12.1 Å². The van der Waals surface area contributed by atoms with Gasteiger partial charge in [0, 0.05) is 12.2 Å². The lowest BCUT2D eigenvalue weighted by Crippen LogP contribution is -2.17. The highest BCUT2D eigenvalue weighted by Gasteiger charge is 2.10. The summed E-state index contributed by atoms with van der Waals surface area (Å²) in [6.07, 6.45) is 0. The Morgan fingerprint density at radius 2 is 1.94 bits per heavy atom. The number of nitrogens with zero attached hydrogens (tertiary/aromatic N) is 1. The number of nitrogen functional groups attached to an aromatic ring is 1. The van der Waals surface area contributed by atoms with Gasteiger partial charge in [0.25, 0.3) is 0 Å². The molecular formula is C15H17FN2. The van der Waals surface area contributed by atoms with Crippen molar-refractivity contribution in [2.75, 3.05) is 17.2 Å². The Hall–Kier alpha value is -2.03. The van der Waals surface area contributed by atoms with Crippen molar-refractivity contribution in [3.05, 3.63) is 53.8 Å². The Labute approximate surface area is 107 Å². The van der Waals surface area contributed by atoms with Gasteiger partial charge in [0.1, 0.15) is 5.82 Å². The molecule has 0 bridgehead atoms. The van der Waals surface area contributed by atoms with Gasteiger partial charge in [0.15, 0.2) is 0 Å². The molecule has 2 nitrogen and oxygen atoms in total. The van der Waals surface area contributed by atoms with E-state index in [1.807, 2.05) is 43.0 Å². The third-order valence-corrected chi connectivity index (χ3v) is 2.91. The minimum atomic E-state index is -0.239. The number of halogens is 1. The van der Waals surface area contributed by atoms with E-state index < -0.39 is 0 Å². The smallest absolute Gasteiger partial charge is 0.125 e. The maximum Gasteiger partial charge on any atom is 0.125 e. The van der Waals surface area contributed by atoms with Crippen LogP contribution < -0.4 is 10.6 Å². The van der Waals surface area contributed by atoms with E-state index in [4.69, 9.17) is 5.73 Å². The SMILES string of the molecule is CCN(c1cccc(F)c1)c1ccc(C)cc1N. The van der Waals surface area contributed by atoms with Crippen molar-refractivity contribution in [3.63, 3.8) is 0 Å². The third kappa shape index (κ3) is 2.45. The maximum atomic E-state index is 13.3. The molecule has 0 fully saturated rings. The number of hydrogen-bond donors (Lipinski definition) is 1. The summed E-state index contributed by atoms with van der Waals surface area (Å²) in [6.45, 7) is 4.75. The predicted octanol–water partition coefficient (Wildman–Crippen LogP) is 3.87. The summed E-state index contributed by atoms with van der Waals surface area (Å²) in [4.78, 5) is 2.00. The third-order valence-electron chi connectivity index (χ3n) is 2.91. The summed E-state index contributed by atoms with van der Waals surface area (Å²) in [5.41, 5.74) is 9.59. The average molecular weight is 244 g/mol. The van der Waals surface area contributed by atoms with Crippen LogP contribution >= 0.6 is 0 Å². The molecule has 2 rings (SSSR count). The topological polar surface area (TPSA) is 29.3 Å². The number of aryl methyl sites for hydroxylation is 1. The number of nitrogens with two attached hydrogens (primary N) is 1. The molecule has 2 aromatic rings. The van der Waals surface area contributed by atoms with Gasteiger partial charge in [-0.15, -0.1) is 0 Å². The monoisotopic (exact) mass is 244 g/mol. The average Bonchev–Trinajstić information content (AvgIpc) is 2.33. The Morgan fingerprint density at radius 3 is 2.56 bits per heavy atom. The Balaban J connectivity index is 2.45. The summed E-state index contributed by atoms with van der Waals surface area (Å²) < 4.78 is 13.3. The van der Waals surface area contributed by atoms with Crippen LogP contribution in [0.25, 0.3) is 0 Å². The van der Waals surface area contributed by atoms with Crippen molar-refractivity contribution in [3.8, 4) is 0 Å². The molecule has 0 aliphatic carbocycles. The standard InChI is InChI=1S/C15H17FN2/c1-3-18(13-6-4-5-12(16)10-13)15-8-7-11(2)9-14(15)17/h4-10H,3,17H2,1-2H3. The zero-order valence-electron chi connectivity index (χ0n) is 10.7. The van der Waals surface area contributed by atoms with Crippen molar-refractivity contribution < 1.29 is 4.39 Å². The van der Waals surface area contributed by atoms with E-state index in [0.717, 1.165) is 23.5 Å². The molecular weight excluding hydrogens is 227 g/mol. The van der Waals surface area contributed by atoms with Crippen LogP contribution in [-0.4, -0.2) is 6.54 Å². The summed E-state index contributed by atoms with van der Waals surface area (Å²) >= 11 is 0. The Bertz CT molecular complexity index is 552. The minimum Gasteiger partial charge on any atom is -0.397 e. The lowest BCUT2D eigenvalue weighted by molar-refractivity contribution is 0.627. The van der Waals surface area contributed by atoms with Gasteiger partial charge in [-0.2, -0.15) is 0 Å². The lowest BCUT2D eigenvalue weighted by Gasteiger charge is -2.25. The fourth-order valence-corrected chi connectivity index (χ4v) is 2.06. The summed E-state index contributed by atoms with van der Waals surface area (Å²) in [6, 6.07) is 12.5. The van der Waals surface area contributed by atoms with Gasteiger partial charge in [0.2, 0.25) is 0 Å². The van der Waals surface area contributed by atoms with Crippen molar-refractivity contribution in [2.24, 2.45) is 0 Å². The van der Waals surface area contributed by atoms with Gasteiger partial charge in [0.05, 0.1) is 11.4 Å². The van der Waals surface area contributed by atoms with Gasteiger partial charge < -0.3 is 10.6 Å². The molecule has 0 heterocycles.